The molecule has 0 aliphatic carbocycles. The lowest BCUT2D eigenvalue weighted by Crippen LogP contribution is -2.50. The molecule has 0 bridgehead atoms. The van der Waals surface area contributed by atoms with E-state index in [1.807, 2.05) is 0 Å². The quantitative estimate of drug-likeness (QED) is 0.364. The SMILES string of the molecule is O=C(COc1ccccc1C(F)(F)F)N1CCN(c2ccc(C(F)(F)F)cc2[N+](=O)[O-])CC1. The molecule has 0 unspecified atom stereocenters. The lowest BCUT2D eigenvalue weighted by molar-refractivity contribution is -0.384. The number of para-hydroxylation sites is 1. The van der Waals surface area contributed by atoms with Crippen molar-refractivity contribution in [2.75, 3.05) is 37.7 Å². The number of hydrogen-bond donors (Lipinski definition) is 0. The van der Waals surface area contributed by atoms with Gasteiger partial charge in [0.05, 0.1) is 16.1 Å². The van der Waals surface area contributed by atoms with Crippen molar-refractivity contribution >= 4 is 17.3 Å². The number of halogens is 6. The van der Waals surface area contributed by atoms with E-state index in [0.717, 1.165) is 24.3 Å². The Balaban J connectivity index is 1.64. The number of nitrogens with zero attached hydrogens (tertiary/aromatic N) is 3. The number of anilines is 1. The first-order chi connectivity index (χ1) is 15.4. The maximum atomic E-state index is 13.0. The molecule has 33 heavy (non-hydrogen) atoms. The van der Waals surface area contributed by atoms with Gasteiger partial charge >= 0.3 is 12.4 Å². The van der Waals surface area contributed by atoms with Gasteiger partial charge in [-0.1, -0.05) is 12.1 Å². The Morgan fingerprint density at radius 1 is 0.970 bits per heavy atom. The molecule has 7 nitrogen and oxygen atoms in total. The second kappa shape index (κ2) is 9.16. The van der Waals surface area contributed by atoms with Crippen LogP contribution in [0.2, 0.25) is 0 Å². The van der Waals surface area contributed by atoms with E-state index in [4.69, 9.17) is 4.74 Å². The van der Waals surface area contributed by atoms with Crippen molar-refractivity contribution in [3.8, 4) is 5.75 Å². The highest BCUT2D eigenvalue weighted by atomic mass is 19.4. The highest BCUT2D eigenvalue weighted by Gasteiger charge is 2.35. The van der Waals surface area contributed by atoms with Crippen molar-refractivity contribution in [2.45, 2.75) is 12.4 Å². The molecule has 0 radical (unpaired) electrons. The second-order valence-corrected chi connectivity index (χ2v) is 7.11. The molecule has 1 saturated heterocycles. The maximum absolute atomic E-state index is 13.0. The fourth-order valence-electron chi connectivity index (χ4n) is 3.37. The Morgan fingerprint density at radius 2 is 1.61 bits per heavy atom. The molecule has 178 valence electrons. The van der Waals surface area contributed by atoms with E-state index in [1.165, 1.54) is 21.9 Å². The van der Waals surface area contributed by atoms with Crippen molar-refractivity contribution in [1.82, 2.24) is 4.90 Å². The largest absolute Gasteiger partial charge is 0.483 e. The summed E-state index contributed by atoms with van der Waals surface area (Å²) in [5.74, 6) is -1.08. The predicted octanol–water partition coefficient (Wildman–Crippen LogP) is 4.36. The molecule has 0 atom stereocenters. The number of ether oxygens (including phenoxy) is 1. The Kier molecular flexibility index (Phi) is 6.70. The number of carbonyl (C=O) groups excluding carboxylic acids is 1. The summed E-state index contributed by atoms with van der Waals surface area (Å²) >= 11 is 0. The molecule has 0 aromatic heterocycles. The normalized spacial score (nSPS) is 14.8. The molecular weight excluding hydrogens is 460 g/mol. The number of piperazine rings is 1. The van der Waals surface area contributed by atoms with Gasteiger partial charge in [0, 0.05) is 32.2 Å². The average molecular weight is 477 g/mol. The molecule has 0 N–H and O–H groups in total. The summed E-state index contributed by atoms with van der Waals surface area (Å²) in [7, 11) is 0. The van der Waals surface area contributed by atoms with Gasteiger partial charge in [-0.05, 0) is 24.3 Å². The molecular formula is C20H17F6N3O4. The maximum Gasteiger partial charge on any atom is 0.419 e. The molecule has 3 rings (SSSR count). The Morgan fingerprint density at radius 3 is 2.18 bits per heavy atom. The molecule has 2 aromatic carbocycles. The molecule has 1 amide bonds. The summed E-state index contributed by atoms with van der Waals surface area (Å²) in [6.07, 6.45) is -9.39. The minimum Gasteiger partial charge on any atom is -0.483 e. The Labute approximate surface area is 183 Å². The van der Waals surface area contributed by atoms with Gasteiger partial charge in [0.15, 0.2) is 6.61 Å². The molecule has 1 fully saturated rings. The van der Waals surface area contributed by atoms with Crippen LogP contribution >= 0.6 is 0 Å². The van der Waals surface area contributed by atoms with Crippen molar-refractivity contribution in [2.24, 2.45) is 0 Å². The van der Waals surface area contributed by atoms with Gasteiger partial charge in [0.1, 0.15) is 11.4 Å². The van der Waals surface area contributed by atoms with Crippen LogP contribution < -0.4 is 9.64 Å². The number of alkyl halides is 6. The van der Waals surface area contributed by atoms with E-state index in [-0.39, 0.29) is 31.9 Å². The standard InChI is InChI=1S/C20H17F6N3O4/c21-19(22,23)13-5-6-15(16(11-13)29(31)32)27-7-9-28(10-8-27)18(30)12-33-17-4-2-1-3-14(17)20(24,25)26/h1-6,11H,7-10,12H2. The highest BCUT2D eigenvalue weighted by Crippen LogP contribution is 2.37. The molecule has 1 aliphatic heterocycles. The number of hydrogen-bond acceptors (Lipinski definition) is 5. The average Bonchev–Trinajstić information content (AvgIpc) is 2.76. The van der Waals surface area contributed by atoms with Gasteiger partial charge in [-0.2, -0.15) is 26.3 Å². The van der Waals surface area contributed by atoms with Crippen molar-refractivity contribution < 1.29 is 40.8 Å². The summed E-state index contributed by atoms with van der Waals surface area (Å²) in [5, 5.41) is 11.3. The van der Waals surface area contributed by atoms with Crippen LogP contribution in [0.15, 0.2) is 42.5 Å². The Bertz CT molecular complexity index is 1030. The number of nitro groups is 1. The van der Waals surface area contributed by atoms with Gasteiger partial charge in [0.25, 0.3) is 11.6 Å². The third kappa shape index (κ3) is 5.65. The van der Waals surface area contributed by atoms with Gasteiger partial charge in [-0.25, -0.2) is 0 Å². The Hall–Kier alpha value is -3.51. The summed E-state index contributed by atoms with van der Waals surface area (Å²) in [5.41, 5.74) is -2.90. The lowest BCUT2D eigenvalue weighted by atomic mass is 10.1. The van der Waals surface area contributed by atoms with Crippen LogP contribution in [0.5, 0.6) is 5.75 Å². The first-order valence-corrected chi connectivity index (χ1v) is 9.55. The van der Waals surface area contributed by atoms with Crippen LogP contribution in [-0.4, -0.2) is 48.5 Å². The van der Waals surface area contributed by atoms with Crippen LogP contribution in [0.4, 0.5) is 37.7 Å². The fraction of sp³-hybridized carbons (Fsp3) is 0.350. The molecule has 1 heterocycles. The third-order valence-corrected chi connectivity index (χ3v) is 5.02. The number of carbonyl (C=O) groups is 1. The highest BCUT2D eigenvalue weighted by molar-refractivity contribution is 5.78. The lowest BCUT2D eigenvalue weighted by Gasteiger charge is -2.35. The van der Waals surface area contributed by atoms with Crippen LogP contribution in [0.25, 0.3) is 0 Å². The van der Waals surface area contributed by atoms with E-state index >= 15 is 0 Å². The van der Waals surface area contributed by atoms with Gasteiger partial charge in [-0.15, -0.1) is 0 Å². The van der Waals surface area contributed by atoms with E-state index < -0.39 is 52.4 Å². The molecule has 13 heteroatoms. The zero-order valence-electron chi connectivity index (χ0n) is 16.8. The summed E-state index contributed by atoms with van der Waals surface area (Å²) in [6, 6.07) is 6.66. The van der Waals surface area contributed by atoms with Crippen molar-refractivity contribution in [3.63, 3.8) is 0 Å². The third-order valence-electron chi connectivity index (χ3n) is 5.02. The topological polar surface area (TPSA) is 75.9 Å². The summed E-state index contributed by atoms with van der Waals surface area (Å²) in [4.78, 5) is 25.5. The minimum atomic E-state index is -4.74. The van der Waals surface area contributed by atoms with E-state index in [1.54, 1.807) is 0 Å². The predicted molar refractivity (Wildman–Crippen MR) is 104 cm³/mol. The van der Waals surface area contributed by atoms with Crippen molar-refractivity contribution in [1.29, 1.82) is 0 Å². The van der Waals surface area contributed by atoms with Crippen LogP contribution in [0.1, 0.15) is 11.1 Å². The van der Waals surface area contributed by atoms with Gasteiger partial charge in [-0.3, -0.25) is 14.9 Å². The van der Waals surface area contributed by atoms with Gasteiger partial charge < -0.3 is 14.5 Å². The van der Waals surface area contributed by atoms with E-state index in [0.29, 0.717) is 6.07 Å². The van der Waals surface area contributed by atoms with Crippen LogP contribution in [0, 0.1) is 10.1 Å². The zero-order valence-corrected chi connectivity index (χ0v) is 16.8. The minimum absolute atomic E-state index is 0.0181. The number of amides is 1. The van der Waals surface area contributed by atoms with Gasteiger partial charge in [0.2, 0.25) is 0 Å². The smallest absolute Gasteiger partial charge is 0.419 e. The zero-order chi connectivity index (χ0) is 24.4. The first kappa shape index (κ1) is 24.1. The molecule has 1 aliphatic rings. The van der Waals surface area contributed by atoms with Crippen LogP contribution in [0.3, 0.4) is 0 Å². The second-order valence-electron chi connectivity index (χ2n) is 7.11. The number of rotatable bonds is 5. The van der Waals surface area contributed by atoms with E-state index in [2.05, 4.69) is 0 Å². The monoisotopic (exact) mass is 477 g/mol. The summed E-state index contributed by atoms with van der Waals surface area (Å²) < 4.78 is 82.8. The number of benzene rings is 2. The molecule has 0 spiro atoms. The number of nitro benzene ring substituents is 1. The van der Waals surface area contributed by atoms with Crippen molar-refractivity contribution in [3.05, 3.63) is 63.7 Å². The molecule has 0 saturated carbocycles. The molecule has 2 aromatic rings. The first-order valence-electron chi connectivity index (χ1n) is 9.55. The van der Waals surface area contributed by atoms with E-state index in [9.17, 15) is 41.3 Å². The van der Waals surface area contributed by atoms with Crippen LogP contribution in [-0.2, 0) is 17.1 Å². The fourth-order valence-corrected chi connectivity index (χ4v) is 3.37. The summed E-state index contributed by atoms with van der Waals surface area (Å²) in [6.45, 7) is -0.371.